The number of para-hydroxylation sites is 1. The number of rotatable bonds is 6. The molecule has 6 nitrogen and oxygen atoms in total. The highest BCUT2D eigenvalue weighted by Gasteiger charge is 2.28. The molecule has 3 aromatic rings. The Bertz CT molecular complexity index is 1050. The van der Waals surface area contributed by atoms with E-state index in [0.717, 1.165) is 5.56 Å². The lowest BCUT2D eigenvalue weighted by Crippen LogP contribution is -2.31. The summed E-state index contributed by atoms with van der Waals surface area (Å²) in [6.07, 6.45) is 3.34. The van der Waals surface area contributed by atoms with Gasteiger partial charge in [-0.1, -0.05) is 36.4 Å². The number of aromatic nitrogens is 1. The van der Waals surface area contributed by atoms with Crippen molar-refractivity contribution in [3.05, 3.63) is 90.3 Å². The molecule has 28 heavy (non-hydrogen) atoms. The molecule has 1 aromatic heterocycles. The van der Waals surface area contributed by atoms with Crippen LogP contribution in [0.2, 0.25) is 0 Å². The molecule has 0 bridgehead atoms. The molecule has 1 heterocycles. The monoisotopic (exact) mass is 395 g/mol. The topological polar surface area (TPSA) is 70.6 Å². The molecule has 0 aliphatic carbocycles. The number of carbonyl (C=O) groups excluding carboxylic acids is 1. The number of pyridine rings is 1. The van der Waals surface area contributed by atoms with Crippen LogP contribution in [0.25, 0.3) is 0 Å². The molecule has 0 aliphatic heterocycles. The fourth-order valence-corrected chi connectivity index (χ4v) is 4.21. The van der Waals surface area contributed by atoms with E-state index in [1.54, 1.807) is 61.9 Å². The molecule has 0 saturated heterocycles. The second-order valence-electron chi connectivity index (χ2n) is 6.33. The first kappa shape index (κ1) is 19.6. The van der Waals surface area contributed by atoms with Gasteiger partial charge >= 0.3 is 0 Å². The Balaban J connectivity index is 1.93. The van der Waals surface area contributed by atoms with E-state index in [9.17, 15) is 13.2 Å². The summed E-state index contributed by atoms with van der Waals surface area (Å²) in [5, 5.41) is 0. The first-order chi connectivity index (χ1) is 13.4. The van der Waals surface area contributed by atoms with Gasteiger partial charge in [0.15, 0.2) is 0 Å². The molecule has 0 fully saturated rings. The zero-order valence-electron chi connectivity index (χ0n) is 15.7. The molecule has 0 unspecified atom stereocenters. The zero-order valence-corrected chi connectivity index (χ0v) is 16.5. The van der Waals surface area contributed by atoms with E-state index < -0.39 is 10.0 Å². The Morgan fingerprint density at radius 3 is 2.29 bits per heavy atom. The molecular formula is C21H21N3O3S. The van der Waals surface area contributed by atoms with Crippen molar-refractivity contribution in [2.45, 2.75) is 11.4 Å². The third-order valence-corrected chi connectivity index (χ3v) is 6.21. The molecule has 2 aromatic carbocycles. The average Bonchev–Trinajstić information content (AvgIpc) is 2.74. The van der Waals surface area contributed by atoms with E-state index in [4.69, 9.17) is 0 Å². The number of nitrogens with zero attached hydrogens (tertiary/aromatic N) is 3. The highest BCUT2D eigenvalue weighted by molar-refractivity contribution is 7.92. The van der Waals surface area contributed by atoms with E-state index in [1.165, 1.54) is 28.4 Å². The van der Waals surface area contributed by atoms with Crippen LogP contribution in [0, 0.1) is 0 Å². The van der Waals surface area contributed by atoms with Gasteiger partial charge in [-0.15, -0.1) is 0 Å². The standard InChI is InChI=1S/C21H21N3O3S/c1-23(16-17-9-8-14-22-15-17)21(25)19-12-6-7-13-20(19)28(26,27)24(2)18-10-4-3-5-11-18/h3-15H,16H2,1-2H3. The van der Waals surface area contributed by atoms with Gasteiger partial charge < -0.3 is 4.90 Å². The maximum absolute atomic E-state index is 13.2. The van der Waals surface area contributed by atoms with Crippen molar-refractivity contribution >= 4 is 21.6 Å². The van der Waals surface area contributed by atoms with E-state index in [1.807, 2.05) is 12.1 Å². The largest absolute Gasteiger partial charge is 0.337 e. The van der Waals surface area contributed by atoms with E-state index in [0.29, 0.717) is 12.2 Å². The van der Waals surface area contributed by atoms with Gasteiger partial charge in [0.1, 0.15) is 4.90 Å². The summed E-state index contributed by atoms with van der Waals surface area (Å²) in [5.41, 5.74) is 1.52. The lowest BCUT2D eigenvalue weighted by molar-refractivity contribution is 0.0781. The van der Waals surface area contributed by atoms with Gasteiger partial charge in [-0.25, -0.2) is 8.42 Å². The fraction of sp³-hybridized carbons (Fsp3) is 0.143. The number of anilines is 1. The van der Waals surface area contributed by atoms with E-state index in [2.05, 4.69) is 4.98 Å². The van der Waals surface area contributed by atoms with Crippen molar-refractivity contribution in [2.75, 3.05) is 18.4 Å². The second kappa shape index (κ2) is 8.22. The van der Waals surface area contributed by atoms with Crippen LogP contribution in [0.1, 0.15) is 15.9 Å². The van der Waals surface area contributed by atoms with Crippen molar-refractivity contribution < 1.29 is 13.2 Å². The van der Waals surface area contributed by atoms with E-state index in [-0.39, 0.29) is 16.4 Å². The van der Waals surface area contributed by atoms with Gasteiger partial charge in [0.05, 0.1) is 11.3 Å². The first-order valence-electron chi connectivity index (χ1n) is 8.68. The third-order valence-electron chi connectivity index (χ3n) is 4.36. The lowest BCUT2D eigenvalue weighted by atomic mass is 10.2. The van der Waals surface area contributed by atoms with Crippen LogP contribution in [0.5, 0.6) is 0 Å². The van der Waals surface area contributed by atoms with Crippen LogP contribution < -0.4 is 4.31 Å². The number of benzene rings is 2. The smallest absolute Gasteiger partial charge is 0.264 e. The second-order valence-corrected chi connectivity index (χ2v) is 8.26. The number of amides is 1. The summed E-state index contributed by atoms with van der Waals surface area (Å²) < 4.78 is 27.5. The van der Waals surface area contributed by atoms with Crippen LogP contribution in [0.15, 0.2) is 84.0 Å². The number of hydrogen-bond donors (Lipinski definition) is 0. The molecule has 3 rings (SSSR count). The van der Waals surface area contributed by atoms with Crippen molar-refractivity contribution in [3.8, 4) is 0 Å². The SMILES string of the molecule is CN(Cc1cccnc1)C(=O)c1ccccc1S(=O)(=O)N(C)c1ccccc1. The first-order valence-corrected chi connectivity index (χ1v) is 10.1. The zero-order chi connectivity index (χ0) is 20.1. The van der Waals surface area contributed by atoms with Crippen molar-refractivity contribution in [1.82, 2.24) is 9.88 Å². The molecule has 0 aliphatic rings. The highest BCUT2D eigenvalue weighted by atomic mass is 32.2. The number of carbonyl (C=O) groups is 1. The molecule has 7 heteroatoms. The summed E-state index contributed by atoms with van der Waals surface area (Å²) in [6, 6.07) is 18.7. The molecular weight excluding hydrogens is 374 g/mol. The predicted molar refractivity (Wildman–Crippen MR) is 109 cm³/mol. The normalized spacial score (nSPS) is 11.1. The Kier molecular flexibility index (Phi) is 5.75. The summed E-state index contributed by atoms with van der Waals surface area (Å²) in [5.74, 6) is -0.371. The van der Waals surface area contributed by atoms with Crippen molar-refractivity contribution in [1.29, 1.82) is 0 Å². The highest BCUT2D eigenvalue weighted by Crippen LogP contribution is 2.25. The predicted octanol–water partition coefficient (Wildman–Crippen LogP) is 3.18. The van der Waals surface area contributed by atoms with E-state index >= 15 is 0 Å². The third kappa shape index (κ3) is 4.04. The van der Waals surface area contributed by atoms with Gasteiger partial charge in [-0.05, 0) is 35.9 Å². The average molecular weight is 395 g/mol. The van der Waals surface area contributed by atoms with Gasteiger partial charge in [0.25, 0.3) is 15.9 Å². The maximum atomic E-state index is 13.2. The van der Waals surface area contributed by atoms with Crippen molar-refractivity contribution in [2.24, 2.45) is 0 Å². The van der Waals surface area contributed by atoms with Gasteiger partial charge in [-0.2, -0.15) is 0 Å². The quantitative estimate of drug-likeness (QED) is 0.643. The minimum absolute atomic E-state index is 0.0237. The summed E-state index contributed by atoms with van der Waals surface area (Å²) in [4.78, 5) is 18.5. The molecule has 0 radical (unpaired) electrons. The lowest BCUT2D eigenvalue weighted by Gasteiger charge is -2.23. The Labute approximate surface area is 165 Å². The number of sulfonamides is 1. The maximum Gasteiger partial charge on any atom is 0.264 e. The molecule has 0 atom stereocenters. The molecule has 144 valence electrons. The van der Waals surface area contributed by atoms with Gasteiger partial charge in [-0.3, -0.25) is 14.1 Å². The number of hydrogen-bond acceptors (Lipinski definition) is 4. The Morgan fingerprint density at radius 1 is 0.929 bits per heavy atom. The van der Waals surface area contributed by atoms with Crippen LogP contribution in [0.3, 0.4) is 0 Å². The molecule has 0 saturated carbocycles. The van der Waals surface area contributed by atoms with Crippen LogP contribution in [-0.2, 0) is 16.6 Å². The van der Waals surface area contributed by atoms with Gasteiger partial charge in [0.2, 0.25) is 0 Å². The van der Waals surface area contributed by atoms with Crippen LogP contribution in [0.4, 0.5) is 5.69 Å². The summed E-state index contributed by atoms with van der Waals surface area (Å²) in [6.45, 7) is 0.329. The van der Waals surface area contributed by atoms with Crippen LogP contribution >= 0.6 is 0 Å². The Hall–Kier alpha value is -3.19. The van der Waals surface area contributed by atoms with Gasteiger partial charge in [0, 0.05) is 33.0 Å². The fourth-order valence-electron chi connectivity index (χ4n) is 2.84. The molecule has 0 spiro atoms. The summed E-state index contributed by atoms with van der Waals surface area (Å²) in [7, 11) is -0.785. The van der Waals surface area contributed by atoms with Crippen molar-refractivity contribution in [3.63, 3.8) is 0 Å². The summed E-state index contributed by atoms with van der Waals surface area (Å²) >= 11 is 0. The molecule has 0 N–H and O–H groups in total. The molecule has 1 amide bonds. The minimum Gasteiger partial charge on any atom is -0.337 e. The van der Waals surface area contributed by atoms with Crippen LogP contribution in [-0.4, -0.2) is 38.3 Å². The minimum atomic E-state index is -3.90. The Morgan fingerprint density at radius 2 is 1.61 bits per heavy atom.